The summed E-state index contributed by atoms with van der Waals surface area (Å²) >= 11 is 0. The molecule has 0 bridgehead atoms. The minimum Gasteiger partial charge on any atom is -0.463 e. The first kappa shape index (κ1) is 19.9. The number of hydrogen-bond donors (Lipinski definition) is 0. The van der Waals surface area contributed by atoms with Gasteiger partial charge in [-0.3, -0.25) is 9.59 Å². The van der Waals surface area contributed by atoms with Crippen LogP contribution in [0.4, 0.5) is 0 Å². The fourth-order valence-corrected chi connectivity index (χ4v) is 1.60. The number of carbonyl (C=O) groups is 2. The summed E-state index contributed by atoms with van der Waals surface area (Å²) in [4.78, 5) is 22.9. The van der Waals surface area contributed by atoms with Gasteiger partial charge < -0.3 is 18.9 Å². The van der Waals surface area contributed by atoms with Crippen LogP contribution >= 0.6 is 0 Å². The number of methoxy groups -OCH3 is 2. The Balaban J connectivity index is 3.68. The van der Waals surface area contributed by atoms with Crippen LogP contribution in [-0.4, -0.2) is 51.6 Å². The molecule has 0 aromatic carbocycles. The molecule has 0 saturated heterocycles. The molecule has 0 aromatic rings. The number of carbonyl (C=O) groups excluding carboxylic acids is 2. The van der Waals surface area contributed by atoms with E-state index >= 15 is 0 Å². The molecule has 0 N–H and O–H groups in total. The van der Waals surface area contributed by atoms with Gasteiger partial charge in [-0.05, 0) is 19.3 Å². The maximum absolute atomic E-state index is 11.5. The highest BCUT2D eigenvalue weighted by molar-refractivity contribution is 5.72. The van der Waals surface area contributed by atoms with Crippen molar-refractivity contribution in [1.29, 1.82) is 0 Å². The smallest absolute Gasteiger partial charge is 0.305 e. The van der Waals surface area contributed by atoms with E-state index in [0.717, 1.165) is 12.8 Å². The number of rotatable bonds is 12. The minimum absolute atomic E-state index is 0.0704. The maximum atomic E-state index is 11.5. The predicted molar refractivity (Wildman–Crippen MR) is 77.9 cm³/mol. The fraction of sp³-hybridized carbons (Fsp3) is 0.867. The van der Waals surface area contributed by atoms with Gasteiger partial charge in [-0.15, -0.1) is 0 Å². The molecule has 0 fully saturated rings. The van der Waals surface area contributed by atoms with Crippen LogP contribution in [0.25, 0.3) is 0 Å². The van der Waals surface area contributed by atoms with Gasteiger partial charge in [0.05, 0.1) is 12.2 Å². The van der Waals surface area contributed by atoms with E-state index in [1.807, 2.05) is 13.8 Å². The molecular weight excluding hydrogens is 276 g/mol. The zero-order valence-electron chi connectivity index (χ0n) is 13.6. The summed E-state index contributed by atoms with van der Waals surface area (Å²) in [6, 6.07) is 0. The zero-order valence-corrected chi connectivity index (χ0v) is 13.6. The van der Waals surface area contributed by atoms with Crippen LogP contribution in [0, 0.1) is 0 Å². The lowest BCUT2D eigenvalue weighted by Gasteiger charge is -2.13. The van der Waals surface area contributed by atoms with E-state index in [1.165, 1.54) is 0 Å². The van der Waals surface area contributed by atoms with Crippen LogP contribution in [0.1, 0.15) is 46.0 Å². The first-order chi connectivity index (χ1) is 10.1. The van der Waals surface area contributed by atoms with Crippen molar-refractivity contribution in [3.8, 4) is 0 Å². The van der Waals surface area contributed by atoms with Crippen LogP contribution < -0.4 is 0 Å². The Hall–Kier alpha value is -1.14. The zero-order chi connectivity index (χ0) is 16.1. The second-order valence-electron chi connectivity index (χ2n) is 4.75. The second-order valence-corrected chi connectivity index (χ2v) is 4.75. The predicted octanol–water partition coefficient (Wildman–Crippen LogP) is 2.09. The van der Waals surface area contributed by atoms with Crippen molar-refractivity contribution in [1.82, 2.24) is 0 Å². The number of ether oxygens (including phenoxy) is 4. The topological polar surface area (TPSA) is 71.1 Å². The van der Waals surface area contributed by atoms with E-state index in [2.05, 4.69) is 0 Å². The van der Waals surface area contributed by atoms with Crippen molar-refractivity contribution in [3.05, 3.63) is 0 Å². The first-order valence-electron chi connectivity index (χ1n) is 7.44. The molecule has 21 heavy (non-hydrogen) atoms. The molecule has 0 aliphatic rings. The van der Waals surface area contributed by atoms with Crippen molar-refractivity contribution in [2.24, 2.45) is 0 Å². The lowest BCUT2D eigenvalue weighted by atomic mass is 10.2. The molecule has 2 unspecified atom stereocenters. The van der Waals surface area contributed by atoms with Crippen LogP contribution in [0.5, 0.6) is 0 Å². The summed E-state index contributed by atoms with van der Waals surface area (Å²) in [6.07, 6.45) is 2.26. The second kappa shape index (κ2) is 12.6. The summed E-state index contributed by atoms with van der Waals surface area (Å²) < 4.78 is 20.3. The largest absolute Gasteiger partial charge is 0.463 e. The van der Waals surface area contributed by atoms with Crippen molar-refractivity contribution in [2.45, 2.75) is 58.2 Å². The van der Waals surface area contributed by atoms with Crippen LogP contribution in [0.15, 0.2) is 0 Å². The first-order valence-corrected chi connectivity index (χ1v) is 7.44. The Morgan fingerprint density at radius 3 is 1.48 bits per heavy atom. The molecule has 0 aliphatic carbocycles. The van der Waals surface area contributed by atoms with Crippen LogP contribution in [0.3, 0.4) is 0 Å². The Bertz CT molecular complexity index is 256. The Morgan fingerprint density at radius 2 is 1.19 bits per heavy atom. The average molecular weight is 304 g/mol. The highest BCUT2D eigenvalue weighted by atomic mass is 16.6. The average Bonchev–Trinajstić information content (AvgIpc) is 2.49. The van der Waals surface area contributed by atoms with Crippen molar-refractivity contribution in [3.63, 3.8) is 0 Å². The van der Waals surface area contributed by atoms with E-state index < -0.39 is 0 Å². The maximum Gasteiger partial charge on any atom is 0.305 e. The fourth-order valence-electron chi connectivity index (χ4n) is 1.60. The Kier molecular flexibility index (Phi) is 11.9. The van der Waals surface area contributed by atoms with Crippen LogP contribution in [-0.2, 0) is 28.5 Å². The Morgan fingerprint density at radius 1 is 0.810 bits per heavy atom. The third kappa shape index (κ3) is 10.3. The molecule has 0 amide bonds. The molecule has 0 radical (unpaired) electrons. The van der Waals surface area contributed by atoms with Gasteiger partial charge in [0.15, 0.2) is 0 Å². The summed E-state index contributed by atoms with van der Waals surface area (Å²) in [6.45, 7) is 4.42. The molecular formula is C15H28O6. The van der Waals surface area contributed by atoms with Crippen molar-refractivity contribution >= 4 is 11.9 Å². The highest BCUT2D eigenvalue weighted by Gasteiger charge is 2.12. The van der Waals surface area contributed by atoms with E-state index in [0.29, 0.717) is 6.42 Å². The van der Waals surface area contributed by atoms with Crippen LogP contribution in [0.2, 0.25) is 0 Å². The Labute approximate surface area is 127 Å². The molecule has 6 nitrogen and oxygen atoms in total. The monoisotopic (exact) mass is 304 g/mol. The van der Waals surface area contributed by atoms with E-state index in [4.69, 9.17) is 18.9 Å². The van der Waals surface area contributed by atoms with Crippen molar-refractivity contribution < 1.29 is 28.5 Å². The van der Waals surface area contributed by atoms with Gasteiger partial charge >= 0.3 is 11.9 Å². The lowest BCUT2D eigenvalue weighted by molar-refractivity contribution is -0.149. The van der Waals surface area contributed by atoms with E-state index in [1.54, 1.807) is 14.2 Å². The molecule has 124 valence electrons. The standard InChI is InChI=1S/C15H28O6/c1-5-12(18-3)10-20-14(16)8-7-9-15(17)21-11-13(6-2)19-4/h12-13H,5-11H2,1-4H3. The van der Waals surface area contributed by atoms with Gasteiger partial charge in [-0.1, -0.05) is 13.8 Å². The molecule has 6 heteroatoms. The number of esters is 2. The quantitative estimate of drug-likeness (QED) is 0.514. The minimum atomic E-state index is -0.318. The van der Waals surface area contributed by atoms with Gasteiger partial charge in [0, 0.05) is 27.1 Å². The van der Waals surface area contributed by atoms with Gasteiger partial charge in [0.1, 0.15) is 13.2 Å². The molecule has 0 saturated carbocycles. The third-order valence-corrected chi connectivity index (χ3v) is 3.20. The molecule has 0 aromatic heterocycles. The highest BCUT2D eigenvalue weighted by Crippen LogP contribution is 2.04. The lowest BCUT2D eigenvalue weighted by Crippen LogP contribution is -2.21. The van der Waals surface area contributed by atoms with Gasteiger partial charge in [0.2, 0.25) is 0 Å². The van der Waals surface area contributed by atoms with Gasteiger partial charge in [-0.2, -0.15) is 0 Å². The van der Waals surface area contributed by atoms with E-state index in [-0.39, 0.29) is 50.2 Å². The van der Waals surface area contributed by atoms with Gasteiger partial charge in [0.25, 0.3) is 0 Å². The normalized spacial score (nSPS) is 13.5. The third-order valence-electron chi connectivity index (χ3n) is 3.20. The number of hydrogen-bond acceptors (Lipinski definition) is 6. The van der Waals surface area contributed by atoms with Gasteiger partial charge in [-0.25, -0.2) is 0 Å². The SMILES string of the molecule is CCC(COC(=O)CCCC(=O)OCC(CC)OC)OC. The molecule has 0 heterocycles. The van der Waals surface area contributed by atoms with Crippen molar-refractivity contribution in [2.75, 3.05) is 27.4 Å². The molecule has 2 atom stereocenters. The van der Waals surface area contributed by atoms with E-state index in [9.17, 15) is 9.59 Å². The summed E-state index contributed by atoms with van der Waals surface area (Å²) in [5.74, 6) is -0.636. The summed E-state index contributed by atoms with van der Waals surface area (Å²) in [5, 5.41) is 0. The molecule has 0 aliphatic heterocycles. The molecule has 0 rings (SSSR count). The summed E-state index contributed by atoms with van der Waals surface area (Å²) in [7, 11) is 3.17. The summed E-state index contributed by atoms with van der Waals surface area (Å²) in [5.41, 5.74) is 0. The molecule has 0 spiro atoms.